The van der Waals surface area contributed by atoms with Crippen LogP contribution >= 0.6 is 11.6 Å². The van der Waals surface area contributed by atoms with Crippen LogP contribution in [0, 0.1) is 11.3 Å². The molecule has 12 heteroatoms. The number of hydrogen-bond donors (Lipinski definition) is 5. The van der Waals surface area contributed by atoms with E-state index in [4.69, 9.17) is 26.2 Å². The summed E-state index contributed by atoms with van der Waals surface area (Å²) in [6.07, 6.45) is 12.6. The molecule has 0 saturated carbocycles. The molecule has 1 amide bonds. The van der Waals surface area contributed by atoms with Crippen LogP contribution < -0.4 is 20.7 Å². The molecule has 0 unspecified atom stereocenters. The first kappa shape index (κ1) is 36.1. The average molecular weight is 673 g/mol. The van der Waals surface area contributed by atoms with Crippen LogP contribution in [0.1, 0.15) is 49.8 Å². The van der Waals surface area contributed by atoms with Gasteiger partial charge in [-0.2, -0.15) is 5.26 Å². The molecule has 11 nitrogen and oxygen atoms in total. The highest BCUT2D eigenvalue weighted by atomic mass is 35.5. The number of benzene rings is 2. The summed E-state index contributed by atoms with van der Waals surface area (Å²) in [4.78, 5) is 21.1. The molecule has 4 aromatic rings. The maximum absolute atomic E-state index is 12.5. The third kappa shape index (κ3) is 11.5. The van der Waals surface area contributed by atoms with Gasteiger partial charge in [-0.25, -0.2) is 0 Å². The van der Waals surface area contributed by atoms with Crippen molar-refractivity contribution in [3.63, 3.8) is 0 Å². The molecule has 2 aromatic heterocycles. The van der Waals surface area contributed by atoms with E-state index in [2.05, 4.69) is 32.0 Å². The Balaban J connectivity index is 0.000000950. The van der Waals surface area contributed by atoms with E-state index < -0.39 is 5.91 Å². The number of halogens is 1. The third-order valence-corrected chi connectivity index (χ3v) is 7.58. The maximum atomic E-state index is 12.5. The van der Waals surface area contributed by atoms with Crippen LogP contribution in [0.4, 0.5) is 17.1 Å². The van der Waals surface area contributed by atoms with Crippen LogP contribution in [0.2, 0.25) is 5.02 Å². The summed E-state index contributed by atoms with van der Waals surface area (Å²) in [5.41, 5.74) is 2.68. The number of pyridine rings is 2. The zero-order valence-corrected chi connectivity index (χ0v) is 27.5. The first-order valence-electron chi connectivity index (χ1n) is 16.0. The molecule has 0 bridgehead atoms. The van der Waals surface area contributed by atoms with Gasteiger partial charge in [-0.1, -0.05) is 36.6 Å². The van der Waals surface area contributed by atoms with Crippen LogP contribution in [0.15, 0.2) is 73.1 Å². The van der Waals surface area contributed by atoms with Gasteiger partial charge in [-0.3, -0.25) is 14.8 Å². The van der Waals surface area contributed by atoms with Gasteiger partial charge in [0, 0.05) is 62.0 Å². The minimum Gasteiger partial charge on any atom is -0.506 e. The SMILES string of the molecule is C1CCOC1.N#Cc1cnc2cc(O)c(NC(=O)/C=C/CNCCCCCCO)cc2c1Nc1ccc(OCc2ccccn2)c(Cl)c1. The maximum Gasteiger partial charge on any atom is 0.248 e. The number of phenolic OH excluding ortho intramolecular Hbond substituents is 1. The molecule has 0 aliphatic carbocycles. The number of nitrogens with one attached hydrogen (secondary N) is 3. The van der Waals surface area contributed by atoms with Crippen molar-refractivity contribution in [2.45, 2.75) is 45.1 Å². The first-order valence-corrected chi connectivity index (χ1v) is 16.4. The largest absolute Gasteiger partial charge is 0.506 e. The highest BCUT2D eigenvalue weighted by molar-refractivity contribution is 6.32. The number of hydrogen-bond acceptors (Lipinski definition) is 10. The van der Waals surface area contributed by atoms with Crippen molar-refractivity contribution in [2.75, 3.05) is 43.5 Å². The Labute approximate surface area is 285 Å². The van der Waals surface area contributed by atoms with Crippen LogP contribution in [0.25, 0.3) is 10.9 Å². The van der Waals surface area contributed by atoms with E-state index in [0.29, 0.717) is 39.6 Å². The van der Waals surface area contributed by atoms with Crippen LogP contribution in [-0.2, 0) is 16.1 Å². The average Bonchev–Trinajstić information content (AvgIpc) is 3.69. The van der Waals surface area contributed by atoms with Crippen molar-refractivity contribution < 1.29 is 24.5 Å². The Morgan fingerprint density at radius 3 is 2.62 bits per heavy atom. The van der Waals surface area contributed by atoms with Crippen LogP contribution in [0.3, 0.4) is 0 Å². The fourth-order valence-corrected chi connectivity index (χ4v) is 5.01. The Morgan fingerprint density at radius 2 is 1.92 bits per heavy atom. The number of anilines is 3. The number of aromatic nitrogens is 2. The second-order valence-electron chi connectivity index (χ2n) is 11.0. The zero-order valence-electron chi connectivity index (χ0n) is 26.8. The standard InChI is InChI=1S/C32H33ClN6O4.C4H8O/c33-26-16-23(10-11-30(26)43-21-24-8-3-5-14-36-24)38-32-22(19-34)20-37-27-18-29(41)28(17-25(27)32)39-31(42)9-7-13-35-12-4-1-2-6-15-40;1-2-4-5-3-1/h3,5,7-11,14,16-18,20,35,40-41H,1-2,4,6,12-13,15,21H2,(H,37,38)(H,39,42);1-4H2/b9-7+;. The predicted octanol–water partition coefficient (Wildman–Crippen LogP) is 6.62. The molecular formula is C36H41ClN6O5. The smallest absolute Gasteiger partial charge is 0.248 e. The number of nitriles is 1. The number of rotatable bonds is 15. The minimum absolute atomic E-state index is 0.157. The number of aliphatic hydroxyl groups is 1. The molecule has 2 aromatic carbocycles. The molecule has 48 heavy (non-hydrogen) atoms. The van der Waals surface area contributed by atoms with E-state index in [1.807, 2.05) is 18.2 Å². The number of amides is 1. The number of aliphatic hydroxyl groups excluding tert-OH is 1. The number of carbonyl (C=O) groups excluding carboxylic acids is 1. The van der Waals surface area contributed by atoms with Gasteiger partial charge in [0.15, 0.2) is 0 Å². The van der Waals surface area contributed by atoms with E-state index in [9.17, 15) is 15.2 Å². The zero-order chi connectivity index (χ0) is 34.0. The fraction of sp³-hybridized carbons (Fsp3) is 0.333. The number of nitrogens with zero attached hydrogens (tertiary/aromatic N) is 3. The van der Waals surface area contributed by atoms with Crippen LogP contribution in [0.5, 0.6) is 11.5 Å². The van der Waals surface area contributed by atoms with E-state index in [1.165, 1.54) is 31.2 Å². The van der Waals surface area contributed by atoms with E-state index in [0.717, 1.165) is 51.1 Å². The van der Waals surface area contributed by atoms with Gasteiger partial charge < -0.3 is 35.6 Å². The van der Waals surface area contributed by atoms with E-state index >= 15 is 0 Å². The number of fused-ring (bicyclic) bond motifs is 1. The Kier molecular flexibility index (Phi) is 14.9. The van der Waals surface area contributed by atoms with E-state index in [-0.39, 0.29) is 30.2 Å². The minimum atomic E-state index is -0.411. The molecule has 5 rings (SSSR count). The summed E-state index contributed by atoms with van der Waals surface area (Å²) < 4.78 is 10.7. The number of unbranched alkanes of at least 4 members (excludes halogenated alkanes) is 3. The van der Waals surface area contributed by atoms with Gasteiger partial charge in [-0.05, 0) is 68.6 Å². The van der Waals surface area contributed by atoms with Crippen molar-refractivity contribution in [1.29, 1.82) is 5.26 Å². The summed E-state index contributed by atoms with van der Waals surface area (Å²) in [7, 11) is 0. The number of phenols is 1. The highest BCUT2D eigenvalue weighted by Gasteiger charge is 2.15. The van der Waals surface area contributed by atoms with Gasteiger partial charge in [0.05, 0.1) is 33.2 Å². The summed E-state index contributed by atoms with van der Waals surface area (Å²) in [5, 5.41) is 39.2. The Hall–Kier alpha value is -4.73. The number of aromatic hydroxyl groups is 1. The molecule has 0 spiro atoms. The Bertz CT molecular complexity index is 1680. The van der Waals surface area contributed by atoms with Gasteiger partial charge in [0.1, 0.15) is 24.2 Å². The van der Waals surface area contributed by atoms with Crippen molar-refractivity contribution in [1.82, 2.24) is 15.3 Å². The van der Waals surface area contributed by atoms with Crippen molar-refractivity contribution >= 4 is 45.5 Å². The molecule has 5 N–H and O–H groups in total. The number of carbonyl (C=O) groups is 1. The number of ether oxygens (including phenoxy) is 2. The molecule has 252 valence electrons. The lowest BCUT2D eigenvalue weighted by Crippen LogP contribution is -2.16. The summed E-state index contributed by atoms with van der Waals surface area (Å²) in [6.45, 7) is 3.82. The van der Waals surface area contributed by atoms with E-state index in [1.54, 1.807) is 36.5 Å². The molecular weight excluding hydrogens is 632 g/mol. The summed E-state index contributed by atoms with van der Waals surface area (Å²) >= 11 is 6.49. The van der Waals surface area contributed by atoms with Gasteiger partial charge in [0.25, 0.3) is 0 Å². The normalized spacial score (nSPS) is 12.4. The molecule has 1 saturated heterocycles. The molecule has 1 aliphatic rings. The lowest BCUT2D eigenvalue weighted by molar-refractivity contribution is -0.111. The first-order chi connectivity index (χ1) is 23.5. The lowest BCUT2D eigenvalue weighted by atomic mass is 10.1. The monoisotopic (exact) mass is 672 g/mol. The second-order valence-corrected chi connectivity index (χ2v) is 11.4. The third-order valence-electron chi connectivity index (χ3n) is 7.29. The lowest BCUT2D eigenvalue weighted by Gasteiger charge is -2.15. The van der Waals surface area contributed by atoms with Crippen molar-refractivity contribution in [3.8, 4) is 17.6 Å². The quantitative estimate of drug-likeness (QED) is 0.0527. The molecule has 0 radical (unpaired) electrons. The predicted molar refractivity (Wildman–Crippen MR) is 188 cm³/mol. The Morgan fingerprint density at radius 1 is 1.08 bits per heavy atom. The van der Waals surface area contributed by atoms with Gasteiger partial charge in [0.2, 0.25) is 5.91 Å². The molecule has 3 heterocycles. The second kappa shape index (κ2) is 19.8. The van der Waals surface area contributed by atoms with Gasteiger partial charge >= 0.3 is 0 Å². The molecule has 1 fully saturated rings. The fourth-order valence-electron chi connectivity index (χ4n) is 4.77. The van der Waals surface area contributed by atoms with Crippen molar-refractivity contribution in [2.24, 2.45) is 0 Å². The highest BCUT2D eigenvalue weighted by Crippen LogP contribution is 2.37. The summed E-state index contributed by atoms with van der Waals surface area (Å²) in [6, 6.07) is 15.9. The van der Waals surface area contributed by atoms with Gasteiger partial charge in [-0.15, -0.1) is 0 Å². The molecule has 0 atom stereocenters. The van der Waals surface area contributed by atoms with Crippen LogP contribution in [-0.4, -0.2) is 59.0 Å². The summed E-state index contributed by atoms with van der Waals surface area (Å²) in [5.74, 6) is -0.0866. The van der Waals surface area contributed by atoms with Crippen molar-refractivity contribution in [3.05, 3.63) is 89.4 Å². The molecule has 1 aliphatic heterocycles. The topological polar surface area (TPSA) is 162 Å².